The minimum atomic E-state index is -4.57. The van der Waals surface area contributed by atoms with Crippen molar-refractivity contribution in [2.75, 3.05) is 0 Å². The van der Waals surface area contributed by atoms with E-state index in [9.17, 15) is 26.3 Å². The highest BCUT2D eigenvalue weighted by molar-refractivity contribution is 5.07. The van der Waals surface area contributed by atoms with Crippen LogP contribution >= 0.6 is 0 Å². The van der Waals surface area contributed by atoms with Crippen LogP contribution in [0.15, 0.2) is 24.3 Å². The molecule has 0 aliphatic heterocycles. The van der Waals surface area contributed by atoms with Crippen LogP contribution in [0.1, 0.15) is 0 Å². The Kier molecular flexibility index (Phi) is 3.36. The maximum absolute atomic E-state index is 11.3. The van der Waals surface area contributed by atoms with Gasteiger partial charge < -0.3 is 0 Å². The average Bonchev–Trinajstić information content (AvgIpc) is 1.76. The molecule has 0 unspecified atom stereocenters. The van der Waals surface area contributed by atoms with Gasteiger partial charge in [0.2, 0.25) is 0 Å². The summed E-state index contributed by atoms with van der Waals surface area (Å²) in [5, 5.41) is 0. The molecule has 0 radical (unpaired) electrons. The lowest BCUT2D eigenvalue weighted by Gasteiger charge is -1.96. The van der Waals surface area contributed by atoms with Crippen LogP contribution in [0, 0.1) is 0 Å². The lowest BCUT2D eigenvalue weighted by Crippen LogP contribution is -2.01. The number of halogens is 6. The molecule has 0 atom stereocenters. The molecule has 70 valence electrons. The highest BCUT2D eigenvalue weighted by Gasteiger charge is 2.23. The Morgan fingerprint density at radius 2 is 0.833 bits per heavy atom. The standard InChI is InChI=1S/C6H4F6/c7-5(8,9)3-1-2-4-6(10,11)12/h1-4H/b3-1+,4-2+. The van der Waals surface area contributed by atoms with E-state index in [-0.39, 0.29) is 24.3 Å². The third-order valence-corrected chi connectivity index (χ3v) is 0.682. The second-order valence-electron chi connectivity index (χ2n) is 1.80. The molecule has 0 aromatic heterocycles. The molecule has 0 N–H and O–H groups in total. The van der Waals surface area contributed by atoms with Gasteiger partial charge in [0.25, 0.3) is 0 Å². The number of allylic oxidation sites excluding steroid dienone is 4. The topological polar surface area (TPSA) is 0 Å². The molecule has 0 aromatic rings. The van der Waals surface area contributed by atoms with Crippen molar-refractivity contribution in [1.29, 1.82) is 0 Å². The second kappa shape index (κ2) is 3.64. The predicted molar refractivity (Wildman–Crippen MR) is 30.4 cm³/mol. The van der Waals surface area contributed by atoms with Gasteiger partial charge in [0.15, 0.2) is 0 Å². The van der Waals surface area contributed by atoms with E-state index in [0.717, 1.165) is 0 Å². The molecule has 0 fully saturated rings. The Labute approximate surface area is 64.2 Å². The fourth-order valence-electron chi connectivity index (χ4n) is 0.329. The van der Waals surface area contributed by atoms with E-state index < -0.39 is 12.4 Å². The predicted octanol–water partition coefficient (Wildman–Crippen LogP) is 3.22. The number of hydrogen-bond acceptors (Lipinski definition) is 0. The van der Waals surface area contributed by atoms with E-state index in [1.165, 1.54) is 0 Å². The monoisotopic (exact) mass is 190 g/mol. The fraction of sp³-hybridized carbons (Fsp3) is 0.333. The maximum Gasteiger partial charge on any atom is 0.409 e. The van der Waals surface area contributed by atoms with E-state index in [2.05, 4.69) is 0 Å². The van der Waals surface area contributed by atoms with E-state index in [0.29, 0.717) is 0 Å². The van der Waals surface area contributed by atoms with Crippen LogP contribution in [-0.2, 0) is 0 Å². The summed E-state index contributed by atoms with van der Waals surface area (Å²) >= 11 is 0. The molecule has 0 saturated heterocycles. The van der Waals surface area contributed by atoms with E-state index in [1.807, 2.05) is 0 Å². The molecular weight excluding hydrogens is 186 g/mol. The van der Waals surface area contributed by atoms with Crippen molar-refractivity contribution in [3.8, 4) is 0 Å². The quantitative estimate of drug-likeness (QED) is 0.439. The molecule has 0 aliphatic rings. The zero-order valence-corrected chi connectivity index (χ0v) is 5.58. The Hall–Kier alpha value is -0.940. The van der Waals surface area contributed by atoms with Crippen LogP contribution in [0.4, 0.5) is 26.3 Å². The third-order valence-electron chi connectivity index (χ3n) is 0.682. The highest BCUT2D eigenvalue weighted by atomic mass is 19.4. The lowest BCUT2D eigenvalue weighted by atomic mass is 10.4. The van der Waals surface area contributed by atoms with Crippen molar-refractivity contribution < 1.29 is 26.3 Å². The smallest absolute Gasteiger partial charge is 0.167 e. The molecule has 0 saturated carbocycles. The Morgan fingerprint density at radius 1 is 0.583 bits per heavy atom. The van der Waals surface area contributed by atoms with Crippen molar-refractivity contribution in [2.24, 2.45) is 0 Å². The maximum atomic E-state index is 11.3. The van der Waals surface area contributed by atoms with Crippen LogP contribution in [-0.4, -0.2) is 12.4 Å². The summed E-state index contributed by atoms with van der Waals surface area (Å²) in [5.74, 6) is 0. The van der Waals surface area contributed by atoms with Crippen molar-refractivity contribution in [3.63, 3.8) is 0 Å². The third kappa shape index (κ3) is 9.06. The number of hydrogen-bond donors (Lipinski definition) is 0. The van der Waals surface area contributed by atoms with Gasteiger partial charge >= 0.3 is 12.4 Å². The summed E-state index contributed by atoms with van der Waals surface area (Å²) in [4.78, 5) is 0. The molecule has 12 heavy (non-hydrogen) atoms. The largest absolute Gasteiger partial charge is 0.409 e. The zero-order chi connectivity index (χ0) is 9.83. The fourth-order valence-corrected chi connectivity index (χ4v) is 0.329. The zero-order valence-electron chi connectivity index (χ0n) is 5.58. The van der Waals surface area contributed by atoms with Crippen LogP contribution in [0.3, 0.4) is 0 Å². The molecule has 0 aliphatic carbocycles. The summed E-state index contributed by atoms with van der Waals surface area (Å²) in [6.45, 7) is 0. The number of alkyl halides is 6. The van der Waals surface area contributed by atoms with Gasteiger partial charge in [-0.05, 0) is 0 Å². The van der Waals surface area contributed by atoms with Crippen LogP contribution in [0.5, 0.6) is 0 Å². The number of rotatable bonds is 1. The van der Waals surface area contributed by atoms with Crippen molar-refractivity contribution in [2.45, 2.75) is 12.4 Å². The van der Waals surface area contributed by atoms with Crippen LogP contribution in [0.25, 0.3) is 0 Å². The highest BCUT2D eigenvalue weighted by Crippen LogP contribution is 2.18. The molecule has 0 aromatic carbocycles. The lowest BCUT2D eigenvalue weighted by molar-refractivity contribution is -0.0818. The minimum Gasteiger partial charge on any atom is -0.167 e. The van der Waals surface area contributed by atoms with Gasteiger partial charge in [0, 0.05) is 12.2 Å². The Bertz CT molecular complexity index is 159. The summed E-state index contributed by atoms with van der Waals surface area (Å²) in [6, 6.07) is 0. The van der Waals surface area contributed by atoms with Gasteiger partial charge in [-0.15, -0.1) is 0 Å². The minimum absolute atomic E-state index is 0.282. The molecule has 0 spiro atoms. The van der Waals surface area contributed by atoms with Crippen LogP contribution in [0.2, 0.25) is 0 Å². The van der Waals surface area contributed by atoms with Gasteiger partial charge in [-0.25, -0.2) is 0 Å². The van der Waals surface area contributed by atoms with E-state index >= 15 is 0 Å². The first-order valence-corrected chi connectivity index (χ1v) is 2.71. The Morgan fingerprint density at radius 3 is 1.00 bits per heavy atom. The van der Waals surface area contributed by atoms with Crippen molar-refractivity contribution in [1.82, 2.24) is 0 Å². The van der Waals surface area contributed by atoms with E-state index in [4.69, 9.17) is 0 Å². The van der Waals surface area contributed by atoms with Crippen molar-refractivity contribution >= 4 is 0 Å². The first-order valence-electron chi connectivity index (χ1n) is 2.71. The molecular formula is C6H4F6. The average molecular weight is 190 g/mol. The first kappa shape index (κ1) is 11.1. The summed E-state index contributed by atoms with van der Waals surface area (Å²) in [7, 11) is 0. The van der Waals surface area contributed by atoms with Crippen LogP contribution < -0.4 is 0 Å². The molecule has 0 amide bonds. The summed E-state index contributed by atoms with van der Waals surface area (Å²) < 4.78 is 67.6. The molecule has 0 heterocycles. The molecule has 0 nitrogen and oxygen atoms in total. The van der Waals surface area contributed by atoms with Crippen molar-refractivity contribution in [3.05, 3.63) is 24.3 Å². The molecule has 0 rings (SSSR count). The molecule has 0 bridgehead atoms. The molecule has 6 heteroatoms. The van der Waals surface area contributed by atoms with E-state index in [1.54, 1.807) is 0 Å². The van der Waals surface area contributed by atoms with Gasteiger partial charge in [0.05, 0.1) is 0 Å². The SMILES string of the molecule is FC(F)(F)/C=C/C=C/C(F)(F)F. The normalized spacial score (nSPS) is 14.8. The summed E-state index contributed by atoms with van der Waals surface area (Å²) in [6.07, 6.45) is -9.14. The summed E-state index contributed by atoms with van der Waals surface area (Å²) in [5.41, 5.74) is 0. The Balaban J connectivity index is 4.00. The first-order chi connectivity index (χ1) is 5.21. The van der Waals surface area contributed by atoms with Gasteiger partial charge in [-0.1, -0.05) is 12.2 Å². The van der Waals surface area contributed by atoms with Gasteiger partial charge in [-0.2, -0.15) is 26.3 Å². The second-order valence-corrected chi connectivity index (χ2v) is 1.80. The van der Waals surface area contributed by atoms with Gasteiger partial charge in [-0.3, -0.25) is 0 Å². The van der Waals surface area contributed by atoms with Gasteiger partial charge in [0.1, 0.15) is 0 Å².